The lowest BCUT2D eigenvalue weighted by atomic mass is 9.91. The van der Waals surface area contributed by atoms with E-state index in [4.69, 9.17) is 30.6 Å². The number of benzene rings is 4. The van der Waals surface area contributed by atoms with Crippen LogP contribution in [-0.2, 0) is 23.9 Å². The number of aryl methyl sites for hydroxylation is 2. The summed E-state index contributed by atoms with van der Waals surface area (Å²) in [5.74, 6) is -0.515. The van der Waals surface area contributed by atoms with Gasteiger partial charge in [-0.05, 0) is 71.8 Å². The number of likely N-dealkylation sites (N-methyl/N-ethyl adjacent to an activating group) is 1. The summed E-state index contributed by atoms with van der Waals surface area (Å²) in [4.78, 5) is 61.7. The van der Waals surface area contributed by atoms with Crippen molar-refractivity contribution in [1.29, 1.82) is 0 Å². The van der Waals surface area contributed by atoms with Crippen molar-refractivity contribution in [3.05, 3.63) is 112 Å². The van der Waals surface area contributed by atoms with Crippen molar-refractivity contribution < 1.29 is 43.0 Å². The number of phenolic OH excluding ortho intramolecular Hbond substituents is 1. The van der Waals surface area contributed by atoms with Crippen LogP contribution >= 0.6 is 22.9 Å². The molecule has 3 amide bonds. The Labute approximate surface area is 467 Å². The molecule has 18 nitrogen and oxygen atoms in total. The molecule has 0 unspecified atom stereocenters. The molecule has 418 valence electrons. The van der Waals surface area contributed by atoms with Gasteiger partial charge in [-0.25, -0.2) is 14.4 Å². The highest BCUT2D eigenvalue weighted by molar-refractivity contribution is 7.13. The van der Waals surface area contributed by atoms with Crippen LogP contribution in [0.2, 0.25) is 5.02 Å². The zero-order valence-corrected chi connectivity index (χ0v) is 47.0. The summed E-state index contributed by atoms with van der Waals surface area (Å²) < 4.78 is 34.8. The van der Waals surface area contributed by atoms with Gasteiger partial charge in [-0.2, -0.15) is 4.98 Å². The number of aromatic hydroxyl groups is 1. The first-order chi connectivity index (χ1) is 38.0. The quantitative estimate of drug-likeness (QED) is 0.0470. The smallest absolute Gasteiger partial charge is 0.234 e. The molecule has 3 aromatic heterocycles. The van der Waals surface area contributed by atoms with Crippen molar-refractivity contribution in [3.63, 3.8) is 0 Å². The molecule has 21 heteroatoms. The molecule has 9 rings (SSSR count). The fourth-order valence-corrected chi connectivity index (χ4v) is 11.6. The SMILES string of the molecule is CC(=O)N1CCN(c2nc(NCCC(=O)N(C)CCOCCOC[C@H](NC[C@@H]3C[C@@H](O)CN3C(=O)[C@@H](c3cc(C)no3)C(C)C)c3ccc(-c4scnc4C)cc3)nc3c(F)c(-c4cc(O)cc5ccccc45)c(Cl)cc23)CC1. The molecule has 0 radical (unpaired) electrons. The van der Waals surface area contributed by atoms with Crippen molar-refractivity contribution in [3.8, 4) is 27.3 Å². The molecular weight excluding hydrogens is 1050 g/mol. The molecule has 0 bridgehead atoms. The lowest BCUT2D eigenvalue weighted by molar-refractivity contribution is -0.135. The van der Waals surface area contributed by atoms with Gasteiger partial charge in [0.1, 0.15) is 28.8 Å². The molecule has 7 aromatic rings. The Balaban J connectivity index is 0.796. The number of aromatic nitrogens is 4. The number of nitrogens with one attached hydrogen (secondary N) is 2. The van der Waals surface area contributed by atoms with E-state index in [-0.39, 0.29) is 103 Å². The third-order valence-electron chi connectivity index (χ3n) is 14.8. The van der Waals surface area contributed by atoms with Crippen LogP contribution in [0, 0.1) is 25.6 Å². The van der Waals surface area contributed by atoms with Gasteiger partial charge in [-0.15, -0.1) is 11.3 Å². The number of amides is 3. The minimum Gasteiger partial charge on any atom is -0.508 e. The van der Waals surface area contributed by atoms with Crippen LogP contribution < -0.4 is 15.5 Å². The van der Waals surface area contributed by atoms with Crippen LogP contribution in [0.1, 0.15) is 68.3 Å². The van der Waals surface area contributed by atoms with Crippen molar-refractivity contribution >= 4 is 74.1 Å². The van der Waals surface area contributed by atoms with Gasteiger partial charge < -0.3 is 54.4 Å². The first kappa shape index (κ1) is 56.9. The number of likely N-dealkylation sites (tertiary alicyclic amines) is 1. The molecule has 2 aliphatic heterocycles. The van der Waals surface area contributed by atoms with E-state index in [2.05, 4.69) is 50.0 Å². The third-order valence-corrected chi connectivity index (χ3v) is 16.0. The van der Waals surface area contributed by atoms with Gasteiger partial charge in [0, 0.05) is 95.8 Å². The third kappa shape index (κ3) is 13.3. The number of fused-ring (bicyclic) bond motifs is 2. The van der Waals surface area contributed by atoms with Crippen molar-refractivity contribution in [1.82, 2.24) is 40.1 Å². The Hall–Kier alpha value is -6.81. The average molecular weight is 1120 g/mol. The summed E-state index contributed by atoms with van der Waals surface area (Å²) in [5.41, 5.74) is 6.09. The second-order valence-corrected chi connectivity index (χ2v) is 21.9. The van der Waals surface area contributed by atoms with Gasteiger partial charge in [0.15, 0.2) is 5.82 Å². The van der Waals surface area contributed by atoms with E-state index in [0.29, 0.717) is 91.3 Å². The number of carbonyl (C=O) groups excluding carboxylic acids is 3. The number of hydrogen-bond acceptors (Lipinski definition) is 16. The second-order valence-electron chi connectivity index (χ2n) is 20.7. The molecule has 0 aliphatic carbocycles. The van der Waals surface area contributed by atoms with E-state index in [1.165, 1.54) is 13.0 Å². The first-order valence-corrected chi connectivity index (χ1v) is 28.0. The van der Waals surface area contributed by atoms with Gasteiger partial charge in [-0.3, -0.25) is 14.4 Å². The maximum Gasteiger partial charge on any atom is 0.234 e. The van der Waals surface area contributed by atoms with Gasteiger partial charge in [0.2, 0.25) is 23.7 Å². The van der Waals surface area contributed by atoms with E-state index < -0.39 is 17.8 Å². The van der Waals surface area contributed by atoms with E-state index in [9.17, 15) is 24.6 Å². The number of carbonyl (C=O) groups is 3. The standard InChI is InChI=1S/C58H68ClFN10O8S/c1-34(2)51(49-25-35(3)66-78-49)57(75)70-31-43(73)27-41(70)30-62-48(38-11-13-39(14-12-38)55-36(4)63-33-79-55)32-77-24-23-76-22-21-67(6)50(74)15-16-61-58-64-54-46(56(65-58)69-19-17-68(18-20-69)37(5)71)29-47(59)52(53(54)60)45-28-42(72)26-40-9-7-8-10-44(40)45/h7-14,25-26,28-29,33-34,41,43,48,51,62,72-73H,15-24,27,30-32H2,1-6H3,(H,61,64,65)/t41-,43+,48-,51+/m0/s1. The number of nitrogens with zero attached hydrogens (tertiary/aromatic N) is 8. The molecule has 2 saturated heterocycles. The van der Waals surface area contributed by atoms with Crippen LogP contribution in [0.25, 0.3) is 43.2 Å². The number of rotatable bonds is 22. The minimum absolute atomic E-state index is 0.0148. The van der Waals surface area contributed by atoms with E-state index in [1.54, 1.807) is 51.3 Å². The number of β-amino-alcohol motifs (C(OH)–C–C–N with tert-alkyl or cyclic N) is 1. The van der Waals surface area contributed by atoms with Gasteiger partial charge in [-0.1, -0.05) is 79.1 Å². The molecule has 2 fully saturated rings. The molecule has 4 atom stereocenters. The highest BCUT2D eigenvalue weighted by Gasteiger charge is 2.40. The Morgan fingerprint density at radius 3 is 2.44 bits per heavy atom. The molecule has 79 heavy (non-hydrogen) atoms. The van der Waals surface area contributed by atoms with Crippen LogP contribution in [0.5, 0.6) is 5.75 Å². The highest BCUT2D eigenvalue weighted by Crippen LogP contribution is 2.43. The number of anilines is 2. The summed E-state index contributed by atoms with van der Waals surface area (Å²) in [7, 11) is 1.70. The normalized spacial score (nSPS) is 16.6. The summed E-state index contributed by atoms with van der Waals surface area (Å²) >= 11 is 8.50. The first-order valence-electron chi connectivity index (χ1n) is 26.8. The van der Waals surface area contributed by atoms with Gasteiger partial charge in [0.25, 0.3) is 0 Å². The molecule has 5 heterocycles. The average Bonchev–Trinajstić information content (AvgIpc) is 4.33. The Kier molecular flexibility index (Phi) is 18.4. The summed E-state index contributed by atoms with van der Waals surface area (Å²) in [6.45, 7) is 13.4. The van der Waals surface area contributed by atoms with Crippen LogP contribution in [-0.4, -0.2) is 161 Å². The second kappa shape index (κ2) is 25.5. The van der Waals surface area contributed by atoms with Crippen molar-refractivity contribution in [2.45, 2.75) is 71.6 Å². The highest BCUT2D eigenvalue weighted by atomic mass is 35.5. The maximum absolute atomic E-state index is 17.1. The summed E-state index contributed by atoms with van der Waals surface area (Å²) in [5, 5.41) is 34.2. The Morgan fingerprint density at radius 1 is 0.975 bits per heavy atom. The Bertz CT molecular complexity index is 3280. The van der Waals surface area contributed by atoms with Crippen molar-refractivity contribution in [2.75, 3.05) is 96.0 Å². The Morgan fingerprint density at radius 2 is 1.73 bits per heavy atom. The molecule has 0 saturated carbocycles. The monoisotopic (exact) mass is 1120 g/mol. The predicted octanol–water partition coefficient (Wildman–Crippen LogP) is 8.37. The van der Waals surface area contributed by atoms with Crippen LogP contribution in [0.4, 0.5) is 16.2 Å². The molecule has 4 N–H and O–H groups in total. The minimum atomic E-state index is -0.685. The maximum atomic E-state index is 17.1. The lowest BCUT2D eigenvalue weighted by Gasteiger charge is -2.35. The largest absolute Gasteiger partial charge is 0.508 e. The number of hydrogen-bond donors (Lipinski definition) is 4. The number of piperazine rings is 1. The number of ether oxygens (including phenoxy) is 2. The van der Waals surface area contributed by atoms with E-state index in [1.807, 2.05) is 62.4 Å². The fraction of sp³-hybridized carbons (Fsp3) is 0.431. The number of halogens is 2. The summed E-state index contributed by atoms with van der Waals surface area (Å²) in [6.07, 6.45) is -0.142. The predicted molar refractivity (Wildman–Crippen MR) is 304 cm³/mol. The van der Waals surface area contributed by atoms with E-state index in [0.717, 1.165) is 21.7 Å². The summed E-state index contributed by atoms with van der Waals surface area (Å²) in [6, 6.07) is 21.7. The van der Waals surface area contributed by atoms with Gasteiger partial charge in [0.05, 0.1) is 65.4 Å². The molecule has 2 aliphatic rings. The van der Waals surface area contributed by atoms with Gasteiger partial charge >= 0.3 is 0 Å². The van der Waals surface area contributed by atoms with Crippen LogP contribution in [0.15, 0.2) is 82.8 Å². The molecular formula is C58H68ClFN10O8S. The zero-order valence-electron chi connectivity index (χ0n) is 45.4. The van der Waals surface area contributed by atoms with E-state index >= 15 is 4.39 Å². The number of aliphatic hydroxyl groups is 1. The number of thiazole rings is 1. The number of aliphatic hydroxyl groups excluding tert-OH is 1. The fourth-order valence-electron chi connectivity index (χ4n) is 10.5. The van der Waals surface area contributed by atoms with Crippen molar-refractivity contribution in [2.24, 2.45) is 5.92 Å². The molecule has 4 aromatic carbocycles. The topological polar surface area (TPSA) is 212 Å². The zero-order chi connectivity index (χ0) is 55.9. The lowest BCUT2D eigenvalue weighted by Crippen LogP contribution is -2.48. The molecule has 0 spiro atoms. The van der Waals surface area contributed by atoms with Crippen LogP contribution in [0.3, 0.4) is 0 Å². The number of phenols is 1.